The van der Waals surface area contributed by atoms with Gasteiger partial charge in [0.05, 0.1) is 0 Å². The Hall–Kier alpha value is -2.77. The lowest BCUT2D eigenvalue weighted by molar-refractivity contribution is 0.791. The summed E-state index contributed by atoms with van der Waals surface area (Å²) in [6.07, 6.45) is 3.50. The van der Waals surface area contributed by atoms with E-state index in [2.05, 4.69) is 20.2 Å². The SMILES string of the molecule is Cc1nc(-c2cccnc2)nc(Sc2nnc(-c3ccc(Cl)cc3)n2C)c1C. The van der Waals surface area contributed by atoms with E-state index in [9.17, 15) is 0 Å². The molecule has 0 amide bonds. The molecule has 6 nitrogen and oxygen atoms in total. The molecule has 4 rings (SSSR count). The number of hydrogen-bond donors (Lipinski definition) is 0. The van der Waals surface area contributed by atoms with Crippen molar-refractivity contribution < 1.29 is 0 Å². The molecule has 0 saturated carbocycles. The predicted octanol–water partition coefficient (Wildman–Crippen LogP) is 4.76. The lowest BCUT2D eigenvalue weighted by Gasteiger charge is -2.10. The number of halogens is 1. The fraction of sp³-hybridized carbons (Fsp3) is 0.150. The fourth-order valence-electron chi connectivity index (χ4n) is 2.67. The van der Waals surface area contributed by atoms with Crippen LogP contribution in [0.15, 0.2) is 59.0 Å². The van der Waals surface area contributed by atoms with Crippen molar-refractivity contribution in [1.29, 1.82) is 0 Å². The largest absolute Gasteiger partial charge is 0.305 e. The molecule has 1 aromatic carbocycles. The summed E-state index contributed by atoms with van der Waals surface area (Å²) in [7, 11) is 1.94. The second kappa shape index (κ2) is 7.69. The topological polar surface area (TPSA) is 69.4 Å². The molecular formula is C20H17ClN6S. The quantitative estimate of drug-likeness (QED) is 0.453. The van der Waals surface area contributed by atoms with E-state index in [1.807, 2.05) is 61.9 Å². The van der Waals surface area contributed by atoms with E-state index in [1.54, 1.807) is 12.4 Å². The molecule has 0 aliphatic carbocycles. The predicted molar refractivity (Wildman–Crippen MR) is 110 cm³/mol. The summed E-state index contributed by atoms with van der Waals surface area (Å²) < 4.78 is 1.95. The van der Waals surface area contributed by atoms with E-state index in [0.29, 0.717) is 10.8 Å². The van der Waals surface area contributed by atoms with Crippen molar-refractivity contribution in [3.05, 3.63) is 65.1 Å². The molecule has 0 unspecified atom stereocenters. The van der Waals surface area contributed by atoms with Gasteiger partial charge in [0.1, 0.15) is 5.03 Å². The molecule has 0 N–H and O–H groups in total. The minimum absolute atomic E-state index is 0.652. The zero-order valence-corrected chi connectivity index (χ0v) is 17.2. The molecule has 0 atom stereocenters. The normalized spacial score (nSPS) is 11.0. The minimum atomic E-state index is 0.652. The summed E-state index contributed by atoms with van der Waals surface area (Å²) in [5, 5.41) is 11.0. The Labute approximate surface area is 172 Å². The third kappa shape index (κ3) is 3.63. The molecule has 28 heavy (non-hydrogen) atoms. The summed E-state index contributed by atoms with van der Waals surface area (Å²) in [5.74, 6) is 1.42. The highest BCUT2D eigenvalue weighted by Crippen LogP contribution is 2.32. The number of aryl methyl sites for hydroxylation is 1. The molecule has 0 fully saturated rings. The van der Waals surface area contributed by atoms with Crippen molar-refractivity contribution in [1.82, 2.24) is 29.7 Å². The summed E-state index contributed by atoms with van der Waals surface area (Å²) in [5.41, 5.74) is 3.79. The van der Waals surface area contributed by atoms with Crippen LogP contribution in [-0.4, -0.2) is 29.7 Å². The average molecular weight is 409 g/mol. The summed E-state index contributed by atoms with van der Waals surface area (Å²) in [6, 6.07) is 11.4. The van der Waals surface area contributed by atoms with Crippen LogP contribution in [0.5, 0.6) is 0 Å². The Morgan fingerprint density at radius 3 is 2.46 bits per heavy atom. The Balaban J connectivity index is 1.70. The van der Waals surface area contributed by atoms with Gasteiger partial charge in [-0.3, -0.25) is 4.98 Å². The van der Waals surface area contributed by atoms with E-state index in [-0.39, 0.29) is 0 Å². The lowest BCUT2D eigenvalue weighted by atomic mass is 10.2. The van der Waals surface area contributed by atoms with E-state index in [4.69, 9.17) is 16.6 Å². The molecule has 3 heterocycles. The fourth-order valence-corrected chi connectivity index (χ4v) is 3.70. The molecular weight excluding hydrogens is 392 g/mol. The van der Waals surface area contributed by atoms with Gasteiger partial charge in [0.2, 0.25) is 0 Å². The maximum atomic E-state index is 5.98. The summed E-state index contributed by atoms with van der Waals surface area (Å²) in [4.78, 5) is 13.5. The second-order valence-corrected chi connectivity index (χ2v) is 7.67. The van der Waals surface area contributed by atoms with Crippen molar-refractivity contribution in [2.45, 2.75) is 24.0 Å². The maximum Gasteiger partial charge on any atom is 0.197 e. The van der Waals surface area contributed by atoms with Crippen molar-refractivity contribution in [3.63, 3.8) is 0 Å². The van der Waals surface area contributed by atoms with E-state index >= 15 is 0 Å². The van der Waals surface area contributed by atoms with Crippen LogP contribution in [-0.2, 0) is 7.05 Å². The van der Waals surface area contributed by atoms with E-state index in [0.717, 1.165) is 38.4 Å². The number of benzene rings is 1. The van der Waals surface area contributed by atoms with Crippen molar-refractivity contribution in [2.75, 3.05) is 0 Å². The first-order chi connectivity index (χ1) is 13.5. The van der Waals surface area contributed by atoms with Crippen LogP contribution >= 0.6 is 23.4 Å². The van der Waals surface area contributed by atoms with Crippen LogP contribution in [0.25, 0.3) is 22.8 Å². The lowest BCUT2D eigenvalue weighted by Crippen LogP contribution is -2.00. The monoisotopic (exact) mass is 408 g/mol. The van der Waals surface area contributed by atoms with Gasteiger partial charge in [-0.15, -0.1) is 10.2 Å². The van der Waals surface area contributed by atoms with Crippen LogP contribution in [0.1, 0.15) is 11.3 Å². The highest BCUT2D eigenvalue weighted by Gasteiger charge is 2.16. The number of pyridine rings is 1. The number of hydrogen-bond acceptors (Lipinski definition) is 6. The molecule has 0 saturated heterocycles. The smallest absolute Gasteiger partial charge is 0.197 e. The molecule has 3 aromatic heterocycles. The Kier molecular flexibility index (Phi) is 5.11. The molecule has 0 radical (unpaired) electrons. The standard InChI is InChI=1S/C20H17ClN6S/c1-12-13(2)23-17(15-5-4-10-22-11-15)24-19(12)28-20-26-25-18(27(20)3)14-6-8-16(21)9-7-14/h4-11H,1-3H3. The van der Waals surface area contributed by atoms with Gasteiger partial charge in [0.25, 0.3) is 0 Å². The molecule has 0 spiro atoms. The van der Waals surface area contributed by atoms with Crippen LogP contribution in [0.3, 0.4) is 0 Å². The molecule has 140 valence electrons. The third-order valence-corrected chi connectivity index (χ3v) is 5.77. The summed E-state index contributed by atoms with van der Waals surface area (Å²) in [6.45, 7) is 4.00. The van der Waals surface area contributed by atoms with Gasteiger partial charge in [0.15, 0.2) is 16.8 Å². The first-order valence-electron chi connectivity index (χ1n) is 8.62. The van der Waals surface area contributed by atoms with Crippen LogP contribution in [0.2, 0.25) is 5.02 Å². The van der Waals surface area contributed by atoms with Crippen molar-refractivity contribution in [3.8, 4) is 22.8 Å². The van der Waals surface area contributed by atoms with Gasteiger partial charge in [0, 0.05) is 46.8 Å². The first kappa shape index (κ1) is 18.6. The summed E-state index contributed by atoms with van der Waals surface area (Å²) >= 11 is 7.46. The zero-order chi connectivity index (χ0) is 19.7. The molecule has 0 bridgehead atoms. The molecule has 0 aliphatic rings. The average Bonchev–Trinajstić information content (AvgIpc) is 3.07. The van der Waals surface area contributed by atoms with Gasteiger partial charge < -0.3 is 4.57 Å². The minimum Gasteiger partial charge on any atom is -0.305 e. The molecule has 8 heteroatoms. The van der Waals surface area contributed by atoms with Crippen LogP contribution in [0, 0.1) is 13.8 Å². The van der Waals surface area contributed by atoms with Gasteiger partial charge in [-0.25, -0.2) is 9.97 Å². The van der Waals surface area contributed by atoms with Gasteiger partial charge in [-0.05, 0) is 62.0 Å². The maximum absolute atomic E-state index is 5.98. The number of nitrogens with zero attached hydrogens (tertiary/aromatic N) is 6. The molecule has 4 aromatic rings. The highest BCUT2D eigenvalue weighted by atomic mass is 35.5. The number of rotatable bonds is 4. The first-order valence-corrected chi connectivity index (χ1v) is 9.81. The van der Waals surface area contributed by atoms with E-state index in [1.165, 1.54) is 11.8 Å². The zero-order valence-electron chi connectivity index (χ0n) is 15.6. The Morgan fingerprint density at radius 2 is 1.75 bits per heavy atom. The van der Waals surface area contributed by atoms with Crippen molar-refractivity contribution >= 4 is 23.4 Å². The van der Waals surface area contributed by atoms with E-state index < -0.39 is 0 Å². The number of aromatic nitrogens is 6. The van der Waals surface area contributed by atoms with Crippen molar-refractivity contribution in [2.24, 2.45) is 7.05 Å². The molecule has 0 aliphatic heterocycles. The second-order valence-electron chi connectivity index (χ2n) is 6.28. The van der Waals surface area contributed by atoms with Crippen LogP contribution in [0.4, 0.5) is 0 Å². The Bertz CT molecular complexity index is 1130. The van der Waals surface area contributed by atoms with Gasteiger partial charge in [-0.2, -0.15) is 0 Å². The third-order valence-electron chi connectivity index (χ3n) is 4.39. The van der Waals surface area contributed by atoms with Gasteiger partial charge in [-0.1, -0.05) is 11.6 Å². The Morgan fingerprint density at radius 1 is 0.964 bits per heavy atom. The highest BCUT2D eigenvalue weighted by molar-refractivity contribution is 7.99. The van der Waals surface area contributed by atoms with Gasteiger partial charge >= 0.3 is 0 Å². The van der Waals surface area contributed by atoms with Crippen LogP contribution < -0.4 is 0 Å².